The van der Waals surface area contributed by atoms with Crippen LogP contribution in [-0.2, 0) is 22.4 Å². The minimum Gasteiger partial charge on any atom is -0.436 e. The summed E-state index contributed by atoms with van der Waals surface area (Å²) in [6, 6.07) is 17.7. The Labute approximate surface area is 282 Å². The lowest BCUT2D eigenvalue weighted by molar-refractivity contribution is -0.141. The molecule has 0 spiro atoms. The van der Waals surface area contributed by atoms with Gasteiger partial charge in [-0.2, -0.15) is 5.10 Å². The molecule has 1 unspecified atom stereocenters. The lowest BCUT2D eigenvalue weighted by Crippen LogP contribution is -2.54. The number of H-pyrrole nitrogens is 1. The Balaban J connectivity index is 1.01. The average molecular weight is 674 g/mol. The van der Waals surface area contributed by atoms with E-state index < -0.39 is 12.2 Å². The maximum absolute atomic E-state index is 14.0. The fourth-order valence-corrected chi connectivity index (χ4v) is 7.21. The summed E-state index contributed by atoms with van der Waals surface area (Å²) in [5.41, 5.74) is 4.28. The van der Waals surface area contributed by atoms with E-state index in [-0.39, 0.29) is 30.2 Å². The van der Waals surface area contributed by atoms with Crippen molar-refractivity contribution >= 4 is 51.9 Å². The number of halogens is 2. The van der Waals surface area contributed by atoms with Crippen LogP contribution in [0.5, 0.6) is 0 Å². The molecule has 48 heavy (non-hydrogen) atoms. The number of hydrogen-bond donors (Lipinski definition) is 2. The van der Waals surface area contributed by atoms with Gasteiger partial charge in [-0.1, -0.05) is 29.8 Å². The third-order valence-electron chi connectivity index (χ3n) is 9.59. The van der Waals surface area contributed by atoms with Crippen LogP contribution in [0, 0.1) is 5.82 Å². The number of likely N-dealkylation sites (tertiary alicyclic amines) is 1. The number of para-hydroxylation sites is 1. The van der Waals surface area contributed by atoms with Crippen LogP contribution in [0.1, 0.15) is 24.0 Å². The van der Waals surface area contributed by atoms with Crippen molar-refractivity contribution in [2.24, 2.45) is 0 Å². The summed E-state index contributed by atoms with van der Waals surface area (Å²) in [5, 5.41) is 11.2. The van der Waals surface area contributed by atoms with E-state index in [1.54, 1.807) is 34.2 Å². The largest absolute Gasteiger partial charge is 0.436 e. The minimum atomic E-state index is -1.07. The van der Waals surface area contributed by atoms with Gasteiger partial charge in [0.05, 0.1) is 16.7 Å². The predicted octanol–water partition coefficient (Wildman–Crippen LogP) is 5.31. The number of piperazine rings is 1. The van der Waals surface area contributed by atoms with Crippen molar-refractivity contribution in [3.8, 4) is 0 Å². The monoisotopic (exact) mass is 673 g/mol. The number of aromatic nitrogens is 2. The number of rotatable bonds is 6. The predicted molar refractivity (Wildman–Crippen MR) is 181 cm³/mol. The van der Waals surface area contributed by atoms with E-state index in [0.29, 0.717) is 69.2 Å². The first-order valence-electron chi connectivity index (χ1n) is 16.3. The number of piperidine rings is 1. The zero-order valence-electron chi connectivity index (χ0n) is 26.4. The molecule has 0 saturated carbocycles. The Morgan fingerprint density at radius 2 is 1.71 bits per heavy atom. The Morgan fingerprint density at radius 1 is 0.958 bits per heavy atom. The summed E-state index contributed by atoms with van der Waals surface area (Å²) in [7, 11) is 0. The lowest BCUT2D eigenvalue weighted by Gasteiger charge is -2.39. The summed E-state index contributed by atoms with van der Waals surface area (Å²) in [6.45, 7) is 3.40. The summed E-state index contributed by atoms with van der Waals surface area (Å²) in [5.74, 6) is -0.574. The molecule has 1 aromatic heterocycles. The lowest BCUT2D eigenvalue weighted by atomic mass is 10.0. The number of fused-ring (bicyclic) bond motifs is 2. The van der Waals surface area contributed by atoms with Crippen LogP contribution in [0.25, 0.3) is 10.9 Å². The molecule has 2 N–H and O–H groups in total. The van der Waals surface area contributed by atoms with Gasteiger partial charge in [-0.05, 0) is 72.9 Å². The molecule has 4 aromatic rings. The number of nitrogens with one attached hydrogen (secondary N) is 2. The number of anilines is 2. The first-order chi connectivity index (χ1) is 23.3. The highest BCUT2D eigenvalue weighted by atomic mass is 35.5. The third-order valence-corrected chi connectivity index (χ3v) is 9.89. The molecule has 1 atom stereocenters. The van der Waals surface area contributed by atoms with E-state index in [1.807, 2.05) is 35.2 Å². The van der Waals surface area contributed by atoms with E-state index in [4.69, 9.17) is 16.3 Å². The van der Waals surface area contributed by atoms with Gasteiger partial charge < -0.3 is 29.7 Å². The van der Waals surface area contributed by atoms with Crippen LogP contribution in [0.4, 0.5) is 25.4 Å². The smallest absolute Gasteiger partial charge is 0.410 e. The van der Waals surface area contributed by atoms with Crippen molar-refractivity contribution < 1.29 is 23.5 Å². The maximum atomic E-state index is 14.0. The molecule has 3 aliphatic heterocycles. The fraction of sp³-hybridized carbons (Fsp3) is 0.371. The highest BCUT2D eigenvalue weighted by Gasteiger charge is 2.35. The third kappa shape index (κ3) is 6.75. The molecular weight excluding hydrogens is 637 g/mol. The average Bonchev–Trinajstić information content (AvgIpc) is 3.52. The number of carbonyl (C=O) groups excluding carboxylic acids is 3. The molecule has 2 saturated heterocycles. The number of aromatic amines is 1. The highest BCUT2D eigenvalue weighted by Crippen LogP contribution is 2.27. The summed E-state index contributed by atoms with van der Waals surface area (Å²) >= 11 is 6.51. The summed E-state index contributed by atoms with van der Waals surface area (Å²) in [4.78, 5) is 48.0. The quantitative estimate of drug-likeness (QED) is 0.287. The zero-order valence-corrected chi connectivity index (χ0v) is 27.2. The Hall–Kier alpha value is -4.84. The standard InChI is InChI=1S/C35H37ClFN7O4/c36-29-20-23(19-25-22-38-40-32(25)29)21-31(33(45)42-17-15-41(16-18-42)27-7-5-26(37)6-8-27)48-35(47)43-12-10-28(11-13-43)44-14-9-24-3-1-2-4-30(24)39-34(44)46/h1-8,19-20,22,28,31H,9-18,21H2,(H,38,40)(H,39,46). The fourth-order valence-electron chi connectivity index (χ4n) is 6.92. The van der Waals surface area contributed by atoms with E-state index in [1.165, 1.54) is 12.1 Å². The van der Waals surface area contributed by atoms with Gasteiger partial charge in [-0.15, -0.1) is 0 Å². The highest BCUT2D eigenvalue weighted by molar-refractivity contribution is 6.35. The SMILES string of the molecule is O=C(OC(Cc1cc(Cl)c2[nH]ncc2c1)C(=O)N1CCN(c2ccc(F)cc2)CC1)N1CCC(N2CCc3ccccc3NC2=O)CC1. The number of benzene rings is 3. The van der Waals surface area contributed by atoms with Crippen LogP contribution in [0.15, 0.2) is 66.9 Å². The Bertz CT molecular complexity index is 1800. The Morgan fingerprint density at radius 3 is 2.48 bits per heavy atom. The molecule has 4 amide bonds. The minimum absolute atomic E-state index is 0.0120. The van der Waals surface area contributed by atoms with Crippen LogP contribution in [-0.4, -0.2) is 101 Å². The molecule has 2 fully saturated rings. The molecule has 250 valence electrons. The zero-order chi connectivity index (χ0) is 33.2. The summed E-state index contributed by atoms with van der Waals surface area (Å²) < 4.78 is 19.5. The molecule has 4 heterocycles. The van der Waals surface area contributed by atoms with Crippen molar-refractivity contribution in [3.05, 3.63) is 88.8 Å². The molecule has 3 aromatic carbocycles. The summed E-state index contributed by atoms with van der Waals surface area (Å²) in [6.07, 6.45) is 2.16. The number of amides is 4. The van der Waals surface area contributed by atoms with Gasteiger partial charge in [-0.3, -0.25) is 9.89 Å². The van der Waals surface area contributed by atoms with E-state index in [2.05, 4.69) is 20.4 Å². The van der Waals surface area contributed by atoms with E-state index in [0.717, 1.165) is 34.3 Å². The van der Waals surface area contributed by atoms with Crippen molar-refractivity contribution in [2.75, 3.05) is 56.0 Å². The van der Waals surface area contributed by atoms with Crippen molar-refractivity contribution in [1.29, 1.82) is 0 Å². The molecule has 3 aliphatic rings. The van der Waals surface area contributed by atoms with Gasteiger partial charge in [0.15, 0.2) is 6.10 Å². The van der Waals surface area contributed by atoms with E-state index in [9.17, 15) is 18.8 Å². The van der Waals surface area contributed by atoms with Crippen LogP contribution in [0.3, 0.4) is 0 Å². The molecule has 7 rings (SSSR count). The van der Waals surface area contributed by atoms with Gasteiger partial charge in [-0.25, -0.2) is 14.0 Å². The molecule has 11 nitrogen and oxygen atoms in total. The second kappa shape index (κ2) is 13.7. The Kier molecular flexibility index (Phi) is 9.07. The second-order valence-corrected chi connectivity index (χ2v) is 12.9. The van der Waals surface area contributed by atoms with Crippen molar-refractivity contribution in [3.63, 3.8) is 0 Å². The first kappa shape index (κ1) is 31.7. The first-order valence-corrected chi connectivity index (χ1v) is 16.7. The van der Waals surface area contributed by atoms with Gasteiger partial charge >= 0.3 is 12.1 Å². The molecule has 13 heteroatoms. The molecule has 0 aliphatic carbocycles. The van der Waals surface area contributed by atoms with Crippen LogP contribution < -0.4 is 10.2 Å². The number of urea groups is 1. The number of carbonyl (C=O) groups is 3. The molecule has 0 bridgehead atoms. The van der Waals surface area contributed by atoms with Crippen LogP contribution >= 0.6 is 11.6 Å². The van der Waals surface area contributed by atoms with Gasteiger partial charge in [0.1, 0.15) is 5.82 Å². The topological polar surface area (TPSA) is 114 Å². The molecular formula is C35H37ClFN7O4. The maximum Gasteiger partial charge on any atom is 0.410 e. The second-order valence-electron chi connectivity index (χ2n) is 12.5. The van der Waals surface area contributed by atoms with E-state index >= 15 is 0 Å². The number of ether oxygens (including phenoxy) is 1. The number of nitrogens with zero attached hydrogens (tertiary/aromatic N) is 5. The number of hydrogen-bond acceptors (Lipinski definition) is 6. The van der Waals surface area contributed by atoms with Crippen LogP contribution in [0.2, 0.25) is 5.02 Å². The molecule has 0 radical (unpaired) electrons. The van der Waals surface area contributed by atoms with Gasteiger partial charge in [0, 0.05) is 75.0 Å². The van der Waals surface area contributed by atoms with Crippen molar-refractivity contribution in [2.45, 2.75) is 37.8 Å². The van der Waals surface area contributed by atoms with Crippen molar-refractivity contribution in [1.82, 2.24) is 24.9 Å². The normalized spacial score (nSPS) is 17.9. The van der Waals surface area contributed by atoms with Gasteiger partial charge in [0.25, 0.3) is 5.91 Å². The van der Waals surface area contributed by atoms with Gasteiger partial charge in [0.2, 0.25) is 0 Å².